The zero-order valence-corrected chi connectivity index (χ0v) is 13.1. The van der Waals surface area contributed by atoms with Gasteiger partial charge in [0, 0.05) is 22.4 Å². The fraction of sp³-hybridized carbons (Fsp3) is 0.278. The van der Waals surface area contributed by atoms with Crippen LogP contribution in [-0.4, -0.2) is 17.6 Å². The third-order valence-electron chi connectivity index (χ3n) is 4.20. The zero-order valence-electron chi connectivity index (χ0n) is 12.4. The first-order chi connectivity index (χ1) is 11.1. The molecule has 1 saturated carbocycles. The first kappa shape index (κ1) is 16.0. The minimum absolute atomic E-state index is 0.183. The highest BCUT2D eigenvalue weighted by Crippen LogP contribution is 2.50. The van der Waals surface area contributed by atoms with Gasteiger partial charge in [-0.15, -0.1) is 0 Å². The second-order valence-electron chi connectivity index (χ2n) is 5.74. The summed E-state index contributed by atoms with van der Waals surface area (Å²) in [5.41, 5.74) is 1.25. The molecule has 2 aromatic carbocycles. The number of aliphatic hydroxyl groups is 1. The van der Waals surface area contributed by atoms with E-state index in [1.807, 2.05) is 30.3 Å². The Morgan fingerprint density at radius 3 is 2.65 bits per heavy atom. The fourth-order valence-electron chi connectivity index (χ4n) is 2.87. The van der Waals surface area contributed by atoms with Gasteiger partial charge in [0.2, 0.25) is 5.91 Å². The molecule has 120 valence electrons. The van der Waals surface area contributed by atoms with E-state index in [9.17, 15) is 14.3 Å². The highest BCUT2D eigenvalue weighted by atomic mass is 35.5. The topological polar surface area (TPSA) is 49.3 Å². The van der Waals surface area contributed by atoms with Gasteiger partial charge in [0.05, 0.1) is 12.6 Å². The van der Waals surface area contributed by atoms with Crippen LogP contribution in [0, 0.1) is 11.7 Å². The molecule has 3 atom stereocenters. The van der Waals surface area contributed by atoms with Crippen LogP contribution >= 0.6 is 11.6 Å². The molecule has 0 saturated heterocycles. The average molecular weight is 334 g/mol. The maximum Gasteiger partial charge on any atom is 0.224 e. The molecule has 0 aromatic heterocycles. The Morgan fingerprint density at radius 2 is 2.00 bits per heavy atom. The Bertz CT molecular complexity index is 687. The molecule has 0 spiro atoms. The van der Waals surface area contributed by atoms with Crippen molar-refractivity contribution in [3.8, 4) is 0 Å². The summed E-state index contributed by atoms with van der Waals surface area (Å²) >= 11 is 6.05. The normalized spacial score (nSPS) is 20.8. The third kappa shape index (κ3) is 3.38. The molecule has 0 aliphatic heterocycles. The van der Waals surface area contributed by atoms with Gasteiger partial charge in [-0.1, -0.05) is 48.0 Å². The van der Waals surface area contributed by atoms with Crippen LogP contribution in [0.3, 0.4) is 0 Å². The molecular formula is C18H17ClFNO2. The lowest BCUT2D eigenvalue weighted by Crippen LogP contribution is -2.32. The molecule has 2 aromatic rings. The minimum atomic E-state index is -0.457. The lowest BCUT2D eigenvalue weighted by molar-refractivity contribution is -0.123. The van der Waals surface area contributed by atoms with Crippen molar-refractivity contribution in [2.24, 2.45) is 5.92 Å². The van der Waals surface area contributed by atoms with Crippen LogP contribution in [0.15, 0.2) is 48.5 Å². The average Bonchev–Trinajstić information content (AvgIpc) is 3.33. The molecule has 23 heavy (non-hydrogen) atoms. The predicted octanol–water partition coefficient (Wildman–Crippen LogP) is 3.43. The van der Waals surface area contributed by atoms with Crippen molar-refractivity contribution in [1.29, 1.82) is 0 Å². The SMILES string of the molecule is O=C(NC(CO)c1ccccc1)C1CC1c1c(F)cccc1Cl. The van der Waals surface area contributed by atoms with Crippen molar-refractivity contribution >= 4 is 17.5 Å². The largest absolute Gasteiger partial charge is 0.394 e. The van der Waals surface area contributed by atoms with E-state index in [2.05, 4.69) is 5.32 Å². The second kappa shape index (κ2) is 6.69. The second-order valence-corrected chi connectivity index (χ2v) is 6.15. The Labute approximate surface area is 139 Å². The monoisotopic (exact) mass is 333 g/mol. The van der Waals surface area contributed by atoms with E-state index < -0.39 is 6.04 Å². The molecule has 1 fully saturated rings. The van der Waals surface area contributed by atoms with Crippen LogP contribution in [-0.2, 0) is 4.79 Å². The summed E-state index contributed by atoms with van der Waals surface area (Å²) < 4.78 is 13.9. The van der Waals surface area contributed by atoms with Crippen molar-refractivity contribution in [3.63, 3.8) is 0 Å². The number of benzene rings is 2. The molecule has 1 aliphatic carbocycles. The summed E-state index contributed by atoms with van der Waals surface area (Å²) in [6.07, 6.45) is 0.569. The minimum Gasteiger partial charge on any atom is -0.394 e. The molecule has 1 amide bonds. The molecule has 0 radical (unpaired) electrons. The van der Waals surface area contributed by atoms with Gasteiger partial charge >= 0.3 is 0 Å². The van der Waals surface area contributed by atoms with E-state index in [0.717, 1.165) is 5.56 Å². The van der Waals surface area contributed by atoms with Crippen molar-refractivity contribution in [2.75, 3.05) is 6.61 Å². The van der Waals surface area contributed by atoms with Crippen LogP contribution in [0.5, 0.6) is 0 Å². The number of amides is 1. The number of hydrogen-bond acceptors (Lipinski definition) is 2. The predicted molar refractivity (Wildman–Crippen MR) is 86.7 cm³/mol. The first-order valence-electron chi connectivity index (χ1n) is 7.52. The van der Waals surface area contributed by atoms with Crippen LogP contribution in [0.1, 0.15) is 29.5 Å². The van der Waals surface area contributed by atoms with E-state index in [0.29, 0.717) is 17.0 Å². The summed E-state index contributed by atoms with van der Waals surface area (Å²) in [6, 6.07) is 13.3. The van der Waals surface area contributed by atoms with E-state index >= 15 is 0 Å². The third-order valence-corrected chi connectivity index (χ3v) is 4.53. The first-order valence-corrected chi connectivity index (χ1v) is 7.89. The molecule has 3 rings (SSSR count). The molecule has 2 N–H and O–H groups in total. The maximum absolute atomic E-state index is 13.9. The van der Waals surface area contributed by atoms with Gasteiger partial charge in [-0.3, -0.25) is 4.79 Å². The summed E-state index contributed by atoms with van der Waals surface area (Å²) in [5, 5.41) is 12.7. The Morgan fingerprint density at radius 1 is 1.26 bits per heavy atom. The fourth-order valence-corrected chi connectivity index (χ4v) is 3.17. The lowest BCUT2D eigenvalue weighted by atomic mass is 10.1. The number of aliphatic hydroxyl groups excluding tert-OH is 1. The van der Waals surface area contributed by atoms with Gasteiger partial charge in [-0.2, -0.15) is 0 Å². The lowest BCUT2D eigenvalue weighted by Gasteiger charge is -2.17. The van der Waals surface area contributed by atoms with E-state index in [1.165, 1.54) is 6.07 Å². The Hall–Kier alpha value is -1.91. The smallest absolute Gasteiger partial charge is 0.224 e. The number of hydrogen-bond donors (Lipinski definition) is 2. The van der Waals surface area contributed by atoms with Crippen molar-refractivity contribution in [1.82, 2.24) is 5.32 Å². The zero-order chi connectivity index (χ0) is 16.4. The van der Waals surface area contributed by atoms with Crippen LogP contribution in [0.25, 0.3) is 0 Å². The van der Waals surface area contributed by atoms with Gasteiger partial charge in [0.1, 0.15) is 5.82 Å². The molecular weight excluding hydrogens is 317 g/mol. The van der Waals surface area contributed by atoms with Gasteiger partial charge in [-0.25, -0.2) is 4.39 Å². The van der Waals surface area contributed by atoms with Gasteiger partial charge in [0.25, 0.3) is 0 Å². The molecule has 0 heterocycles. The molecule has 0 bridgehead atoms. The molecule has 5 heteroatoms. The summed E-state index contributed by atoms with van der Waals surface area (Å²) in [4.78, 5) is 12.4. The van der Waals surface area contributed by atoms with E-state index in [4.69, 9.17) is 11.6 Å². The maximum atomic E-state index is 13.9. The quantitative estimate of drug-likeness (QED) is 0.880. The summed E-state index contributed by atoms with van der Waals surface area (Å²) in [5.74, 6) is -1.06. The number of carbonyl (C=O) groups excluding carboxylic acids is 1. The Balaban J connectivity index is 1.69. The number of carbonyl (C=O) groups is 1. The number of nitrogens with one attached hydrogen (secondary N) is 1. The van der Waals surface area contributed by atoms with Crippen LogP contribution in [0.2, 0.25) is 5.02 Å². The van der Waals surface area contributed by atoms with Gasteiger partial charge in [-0.05, 0) is 24.1 Å². The van der Waals surface area contributed by atoms with Crippen LogP contribution < -0.4 is 5.32 Å². The van der Waals surface area contributed by atoms with Gasteiger partial charge in [0.15, 0.2) is 0 Å². The molecule has 1 aliphatic rings. The summed E-state index contributed by atoms with van der Waals surface area (Å²) in [7, 11) is 0. The molecule has 3 unspecified atom stereocenters. The van der Waals surface area contributed by atoms with Crippen LogP contribution in [0.4, 0.5) is 4.39 Å². The van der Waals surface area contributed by atoms with Gasteiger partial charge < -0.3 is 10.4 Å². The van der Waals surface area contributed by atoms with E-state index in [1.54, 1.807) is 12.1 Å². The van der Waals surface area contributed by atoms with Crippen molar-refractivity contribution in [3.05, 3.63) is 70.5 Å². The van der Waals surface area contributed by atoms with Crippen molar-refractivity contribution < 1.29 is 14.3 Å². The van der Waals surface area contributed by atoms with Crippen molar-refractivity contribution in [2.45, 2.75) is 18.4 Å². The Kier molecular flexibility index (Phi) is 4.64. The standard InChI is InChI=1S/C18H17ClFNO2/c19-14-7-4-8-15(20)17(14)12-9-13(12)18(23)21-16(10-22)11-5-2-1-3-6-11/h1-8,12-13,16,22H,9-10H2,(H,21,23). The van der Waals surface area contributed by atoms with E-state index in [-0.39, 0.29) is 30.2 Å². The summed E-state index contributed by atoms with van der Waals surface area (Å²) in [6.45, 7) is -0.187. The number of rotatable bonds is 5. The molecule has 3 nitrogen and oxygen atoms in total. The number of halogens is 2. The highest BCUT2D eigenvalue weighted by Gasteiger charge is 2.46. The highest BCUT2D eigenvalue weighted by molar-refractivity contribution is 6.31.